The number of nitrogens with zero attached hydrogens (tertiary/aromatic N) is 1. The van der Waals surface area contributed by atoms with E-state index in [9.17, 15) is 0 Å². The fourth-order valence-electron chi connectivity index (χ4n) is 2.54. The summed E-state index contributed by atoms with van der Waals surface area (Å²) in [6, 6.07) is 6.64. The summed E-state index contributed by atoms with van der Waals surface area (Å²) in [5.41, 5.74) is 2.59. The summed E-state index contributed by atoms with van der Waals surface area (Å²) in [4.78, 5) is 2.37. The first kappa shape index (κ1) is 15.8. The molecule has 0 heterocycles. The van der Waals surface area contributed by atoms with Crippen LogP contribution in [0, 0.1) is 5.92 Å². The smallest absolute Gasteiger partial charge is 0.0587 e. The van der Waals surface area contributed by atoms with Crippen molar-refractivity contribution < 1.29 is 4.74 Å². The van der Waals surface area contributed by atoms with Crippen LogP contribution in [0.25, 0.3) is 0 Å². The molecule has 112 valence electrons. The predicted octanol–water partition coefficient (Wildman–Crippen LogP) is 3.42. The highest BCUT2D eigenvalue weighted by molar-refractivity contribution is 9.10. The van der Waals surface area contributed by atoms with Crippen LogP contribution in [0.5, 0.6) is 0 Å². The maximum absolute atomic E-state index is 5.03. The van der Waals surface area contributed by atoms with E-state index < -0.39 is 0 Å². The van der Waals surface area contributed by atoms with Gasteiger partial charge in [-0.2, -0.15) is 0 Å². The van der Waals surface area contributed by atoms with Gasteiger partial charge in [0.15, 0.2) is 0 Å². The van der Waals surface area contributed by atoms with E-state index >= 15 is 0 Å². The molecule has 0 unspecified atom stereocenters. The van der Waals surface area contributed by atoms with Gasteiger partial charge in [-0.15, -0.1) is 0 Å². The fraction of sp³-hybridized carbons (Fsp3) is 0.625. The normalized spacial score (nSPS) is 15.2. The van der Waals surface area contributed by atoms with Gasteiger partial charge < -0.3 is 15.0 Å². The van der Waals surface area contributed by atoms with Crippen LogP contribution in [0.3, 0.4) is 0 Å². The van der Waals surface area contributed by atoms with Crippen LogP contribution in [0.2, 0.25) is 0 Å². The molecule has 20 heavy (non-hydrogen) atoms. The molecular formula is C16H25BrN2O. The van der Waals surface area contributed by atoms with Crippen molar-refractivity contribution in [1.82, 2.24) is 5.32 Å². The van der Waals surface area contributed by atoms with Crippen molar-refractivity contribution in [2.75, 3.05) is 38.8 Å². The molecule has 0 aliphatic heterocycles. The van der Waals surface area contributed by atoms with E-state index in [1.54, 1.807) is 7.11 Å². The van der Waals surface area contributed by atoms with E-state index in [-0.39, 0.29) is 0 Å². The number of rotatable bonds is 8. The highest BCUT2D eigenvalue weighted by Crippen LogP contribution is 2.31. The molecule has 1 saturated carbocycles. The summed E-state index contributed by atoms with van der Waals surface area (Å²) >= 11 is 3.71. The van der Waals surface area contributed by atoms with Crippen molar-refractivity contribution in [2.45, 2.75) is 25.8 Å². The number of nitrogens with one attached hydrogen (secondary N) is 1. The molecule has 0 radical (unpaired) electrons. The molecule has 1 fully saturated rings. The van der Waals surface area contributed by atoms with E-state index in [1.165, 1.54) is 41.5 Å². The Morgan fingerprint density at radius 1 is 1.40 bits per heavy atom. The van der Waals surface area contributed by atoms with Gasteiger partial charge in [-0.1, -0.05) is 12.5 Å². The van der Waals surface area contributed by atoms with Gasteiger partial charge >= 0.3 is 0 Å². The molecule has 1 N–H and O–H groups in total. The summed E-state index contributed by atoms with van der Waals surface area (Å²) in [7, 11) is 3.92. The summed E-state index contributed by atoms with van der Waals surface area (Å²) in [5, 5.41) is 3.37. The highest BCUT2D eigenvalue weighted by Gasteiger charge is 2.20. The number of halogens is 1. The lowest BCUT2D eigenvalue weighted by atomic mass is 9.85. The topological polar surface area (TPSA) is 24.5 Å². The Hall–Kier alpha value is -0.580. The first-order valence-electron chi connectivity index (χ1n) is 7.40. The third kappa shape index (κ3) is 4.47. The Balaban J connectivity index is 1.87. The zero-order valence-electron chi connectivity index (χ0n) is 12.5. The maximum atomic E-state index is 5.03. The van der Waals surface area contributed by atoms with E-state index in [4.69, 9.17) is 4.74 Å². The molecule has 0 aromatic heterocycles. The average molecular weight is 341 g/mol. The fourth-order valence-corrected chi connectivity index (χ4v) is 3.27. The van der Waals surface area contributed by atoms with Crippen molar-refractivity contribution in [3.63, 3.8) is 0 Å². The van der Waals surface area contributed by atoms with Gasteiger partial charge in [0, 0.05) is 38.3 Å². The number of hydrogen-bond donors (Lipinski definition) is 1. The molecule has 0 bridgehead atoms. The molecule has 0 spiro atoms. The first-order chi connectivity index (χ1) is 9.70. The van der Waals surface area contributed by atoms with Gasteiger partial charge in [0.2, 0.25) is 0 Å². The minimum atomic E-state index is 0.753. The van der Waals surface area contributed by atoms with Crippen molar-refractivity contribution in [2.24, 2.45) is 5.92 Å². The lowest BCUT2D eigenvalue weighted by molar-refractivity contribution is 0.199. The Labute approximate surface area is 130 Å². The van der Waals surface area contributed by atoms with Gasteiger partial charge in [-0.05, 0) is 52.4 Å². The van der Waals surface area contributed by atoms with Crippen LogP contribution in [-0.2, 0) is 11.3 Å². The second-order valence-corrected chi connectivity index (χ2v) is 6.49. The first-order valence-corrected chi connectivity index (χ1v) is 8.19. The quantitative estimate of drug-likeness (QED) is 0.734. The largest absolute Gasteiger partial charge is 0.383 e. The van der Waals surface area contributed by atoms with Gasteiger partial charge in [-0.25, -0.2) is 0 Å². The summed E-state index contributed by atoms with van der Waals surface area (Å²) in [5.74, 6) is 0.891. The Kier molecular flexibility index (Phi) is 6.33. The number of benzene rings is 1. The molecule has 1 aliphatic carbocycles. The summed E-state index contributed by atoms with van der Waals surface area (Å²) < 4.78 is 6.21. The minimum Gasteiger partial charge on any atom is -0.383 e. The van der Waals surface area contributed by atoms with E-state index in [0.29, 0.717) is 0 Å². The second kappa shape index (κ2) is 8.01. The molecule has 0 amide bonds. The van der Waals surface area contributed by atoms with Crippen molar-refractivity contribution >= 4 is 21.6 Å². The molecule has 3 nitrogen and oxygen atoms in total. The van der Waals surface area contributed by atoms with Gasteiger partial charge in [0.05, 0.1) is 12.3 Å². The Morgan fingerprint density at radius 2 is 2.20 bits per heavy atom. The van der Waals surface area contributed by atoms with Crippen LogP contribution < -0.4 is 10.2 Å². The SMILES string of the molecule is COCCNCc1ccc(N(C)CC2CCC2)c(Br)c1. The van der Waals surface area contributed by atoms with E-state index in [2.05, 4.69) is 51.4 Å². The lowest BCUT2D eigenvalue weighted by Crippen LogP contribution is -2.29. The minimum absolute atomic E-state index is 0.753. The van der Waals surface area contributed by atoms with Crippen LogP contribution in [0.15, 0.2) is 22.7 Å². The third-order valence-electron chi connectivity index (χ3n) is 3.99. The second-order valence-electron chi connectivity index (χ2n) is 5.63. The lowest BCUT2D eigenvalue weighted by Gasteiger charge is -2.31. The van der Waals surface area contributed by atoms with Gasteiger partial charge in [0.1, 0.15) is 0 Å². The monoisotopic (exact) mass is 340 g/mol. The summed E-state index contributed by atoms with van der Waals surface area (Å²) in [6.07, 6.45) is 4.19. The number of hydrogen-bond acceptors (Lipinski definition) is 3. The summed E-state index contributed by atoms with van der Waals surface area (Å²) in [6.45, 7) is 3.69. The molecule has 1 aromatic carbocycles. The van der Waals surface area contributed by atoms with E-state index in [1.807, 2.05) is 0 Å². The number of methoxy groups -OCH3 is 1. The van der Waals surface area contributed by atoms with Crippen LogP contribution >= 0.6 is 15.9 Å². The molecule has 1 aliphatic rings. The molecule has 4 heteroatoms. The van der Waals surface area contributed by atoms with Gasteiger partial charge in [0.25, 0.3) is 0 Å². The maximum Gasteiger partial charge on any atom is 0.0587 e. The van der Waals surface area contributed by atoms with Crippen molar-refractivity contribution in [3.05, 3.63) is 28.2 Å². The van der Waals surface area contributed by atoms with Crippen molar-refractivity contribution in [1.29, 1.82) is 0 Å². The molecule has 1 aromatic rings. The molecular weight excluding hydrogens is 316 g/mol. The zero-order valence-corrected chi connectivity index (χ0v) is 14.1. The number of ether oxygens (including phenoxy) is 1. The van der Waals surface area contributed by atoms with Crippen LogP contribution in [0.4, 0.5) is 5.69 Å². The Morgan fingerprint density at radius 3 is 2.80 bits per heavy atom. The number of anilines is 1. The highest BCUT2D eigenvalue weighted by atomic mass is 79.9. The van der Waals surface area contributed by atoms with Gasteiger partial charge in [-0.3, -0.25) is 0 Å². The zero-order chi connectivity index (χ0) is 14.4. The Bertz CT molecular complexity index is 421. The standard InChI is InChI=1S/C16H25BrN2O/c1-19(12-13-4-3-5-13)16-7-6-14(10-15(16)17)11-18-8-9-20-2/h6-7,10,13,18H,3-5,8-9,11-12H2,1-2H3. The van der Waals surface area contributed by atoms with Crippen molar-refractivity contribution in [3.8, 4) is 0 Å². The van der Waals surface area contributed by atoms with Crippen LogP contribution in [-0.4, -0.2) is 33.9 Å². The van der Waals surface area contributed by atoms with Crippen LogP contribution in [0.1, 0.15) is 24.8 Å². The predicted molar refractivity (Wildman–Crippen MR) is 88.3 cm³/mol. The third-order valence-corrected chi connectivity index (χ3v) is 4.63. The molecule has 0 atom stereocenters. The average Bonchev–Trinajstić information content (AvgIpc) is 2.39. The molecule has 0 saturated heterocycles. The molecule has 2 rings (SSSR count). The van der Waals surface area contributed by atoms with E-state index in [0.717, 1.165) is 25.6 Å².